The second-order valence-electron chi connectivity index (χ2n) is 5.15. The number of carboxylic acids is 1. The molecule has 1 aromatic rings. The maximum atomic E-state index is 11.6. The van der Waals surface area contributed by atoms with Crippen LogP contribution in [-0.4, -0.2) is 59.6 Å². The van der Waals surface area contributed by atoms with Gasteiger partial charge in [-0.15, -0.1) is 0 Å². The van der Waals surface area contributed by atoms with Gasteiger partial charge in [0.15, 0.2) is 9.84 Å². The number of hydrogen-bond acceptors (Lipinski definition) is 5. The molecule has 0 bridgehead atoms. The Morgan fingerprint density at radius 3 is 2.76 bits per heavy atom. The van der Waals surface area contributed by atoms with Crippen LogP contribution in [0.4, 0.5) is 0 Å². The van der Waals surface area contributed by atoms with Crippen LogP contribution < -0.4 is 5.56 Å². The van der Waals surface area contributed by atoms with Crippen LogP contribution in [0.1, 0.15) is 6.42 Å². The summed E-state index contributed by atoms with van der Waals surface area (Å²) >= 11 is 0. The molecular formula is C13H18N2O5S. The van der Waals surface area contributed by atoms with Crippen molar-refractivity contribution in [2.24, 2.45) is 0 Å². The van der Waals surface area contributed by atoms with E-state index >= 15 is 0 Å². The summed E-state index contributed by atoms with van der Waals surface area (Å²) in [5.74, 6) is -0.914. The fraction of sp³-hybridized carbons (Fsp3) is 0.538. The average Bonchev–Trinajstić information content (AvgIpc) is 2.76. The van der Waals surface area contributed by atoms with E-state index in [2.05, 4.69) is 0 Å². The average molecular weight is 314 g/mol. The van der Waals surface area contributed by atoms with Gasteiger partial charge in [0.1, 0.15) is 0 Å². The van der Waals surface area contributed by atoms with Crippen molar-refractivity contribution in [1.82, 2.24) is 9.47 Å². The molecule has 1 aliphatic rings. The van der Waals surface area contributed by atoms with Crippen molar-refractivity contribution in [3.8, 4) is 0 Å². The SMILES string of the molecule is O=C(O)CN(CCn1ccccc1=O)C1CCS(=O)(=O)C1. The van der Waals surface area contributed by atoms with Crippen molar-refractivity contribution in [3.63, 3.8) is 0 Å². The monoisotopic (exact) mass is 314 g/mol. The molecule has 2 rings (SSSR count). The lowest BCUT2D eigenvalue weighted by atomic mass is 10.2. The smallest absolute Gasteiger partial charge is 0.317 e. The van der Waals surface area contributed by atoms with Gasteiger partial charge in [0.05, 0.1) is 18.1 Å². The highest BCUT2D eigenvalue weighted by Crippen LogP contribution is 2.17. The quantitative estimate of drug-likeness (QED) is 0.755. The number of nitrogens with zero attached hydrogens (tertiary/aromatic N) is 2. The van der Waals surface area contributed by atoms with E-state index in [1.807, 2.05) is 0 Å². The maximum absolute atomic E-state index is 11.6. The second-order valence-corrected chi connectivity index (χ2v) is 7.38. The normalized spacial score (nSPS) is 20.7. The molecular weight excluding hydrogens is 296 g/mol. The van der Waals surface area contributed by atoms with E-state index < -0.39 is 15.8 Å². The Morgan fingerprint density at radius 2 is 2.19 bits per heavy atom. The van der Waals surface area contributed by atoms with Crippen LogP contribution in [0.5, 0.6) is 0 Å². The summed E-state index contributed by atoms with van der Waals surface area (Å²) in [7, 11) is -3.07. The fourth-order valence-corrected chi connectivity index (χ4v) is 4.27. The zero-order chi connectivity index (χ0) is 15.5. The van der Waals surface area contributed by atoms with Crippen LogP contribution in [0.15, 0.2) is 29.2 Å². The number of pyridine rings is 1. The van der Waals surface area contributed by atoms with Crippen molar-refractivity contribution < 1.29 is 18.3 Å². The van der Waals surface area contributed by atoms with Gasteiger partial charge in [-0.1, -0.05) is 6.07 Å². The summed E-state index contributed by atoms with van der Waals surface area (Å²) in [5.41, 5.74) is -0.160. The summed E-state index contributed by atoms with van der Waals surface area (Å²) in [5, 5.41) is 8.97. The molecule has 0 spiro atoms. The van der Waals surface area contributed by atoms with E-state index in [-0.39, 0.29) is 29.7 Å². The standard InChI is InChI=1S/C13H18N2O5S/c16-12-3-1-2-5-14(12)6-7-15(9-13(17)18)11-4-8-21(19,20)10-11/h1-3,5,11H,4,6-10H2,(H,17,18). The third-order valence-corrected chi connectivity index (χ3v) is 5.34. The molecule has 1 unspecified atom stereocenters. The molecule has 7 nitrogen and oxygen atoms in total. The van der Waals surface area contributed by atoms with Gasteiger partial charge in [-0.3, -0.25) is 14.5 Å². The zero-order valence-electron chi connectivity index (χ0n) is 11.5. The lowest BCUT2D eigenvalue weighted by molar-refractivity contribution is -0.138. The Hall–Kier alpha value is -1.67. The van der Waals surface area contributed by atoms with Gasteiger partial charge in [0, 0.05) is 31.4 Å². The van der Waals surface area contributed by atoms with Gasteiger partial charge in [-0.05, 0) is 12.5 Å². The maximum Gasteiger partial charge on any atom is 0.317 e. The van der Waals surface area contributed by atoms with E-state index in [1.54, 1.807) is 23.2 Å². The molecule has 1 fully saturated rings. The molecule has 8 heteroatoms. The number of hydrogen-bond donors (Lipinski definition) is 1. The molecule has 0 aromatic carbocycles. The largest absolute Gasteiger partial charge is 0.480 e. The highest BCUT2D eigenvalue weighted by molar-refractivity contribution is 7.91. The van der Waals surface area contributed by atoms with E-state index in [1.165, 1.54) is 10.6 Å². The number of aliphatic carboxylic acids is 1. The summed E-state index contributed by atoms with van der Waals surface area (Å²) in [6.07, 6.45) is 2.08. The molecule has 1 aliphatic heterocycles. The minimum Gasteiger partial charge on any atom is -0.480 e. The van der Waals surface area contributed by atoms with Crippen molar-refractivity contribution in [2.45, 2.75) is 19.0 Å². The van der Waals surface area contributed by atoms with E-state index in [4.69, 9.17) is 5.11 Å². The van der Waals surface area contributed by atoms with Crippen molar-refractivity contribution in [1.29, 1.82) is 0 Å². The van der Waals surface area contributed by atoms with Gasteiger partial charge in [0.2, 0.25) is 0 Å². The predicted molar refractivity (Wildman–Crippen MR) is 77.0 cm³/mol. The van der Waals surface area contributed by atoms with Gasteiger partial charge >= 0.3 is 5.97 Å². The number of sulfone groups is 1. The molecule has 21 heavy (non-hydrogen) atoms. The van der Waals surface area contributed by atoms with Gasteiger partial charge < -0.3 is 9.67 Å². The highest BCUT2D eigenvalue weighted by atomic mass is 32.2. The van der Waals surface area contributed by atoms with Crippen LogP contribution in [0, 0.1) is 0 Å². The number of carboxylic acid groups (broad SMARTS) is 1. The van der Waals surface area contributed by atoms with Crippen LogP contribution in [0.2, 0.25) is 0 Å². The Bertz CT molecular complexity index is 667. The first-order chi connectivity index (χ1) is 9.87. The summed E-state index contributed by atoms with van der Waals surface area (Å²) in [6, 6.07) is 4.51. The topological polar surface area (TPSA) is 96.7 Å². The first-order valence-corrected chi connectivity index (χ1v) is 8.51. The highest BCUT2D eigenvalue weighted by Gasteiger charge is 2.32. The third-order valence-electron chi connectivity index (χ3n) is 3.59. The zero-order valence-corrected chi connectivity index (χ0v) is 12.3. The molecule has 1 saturated heterocycles. The Balaban J connectivity index is 2.05. The lowest BCUT2D eigenvalue weighted by Crippen LogP contribution is -2.42. The van der Waals surface area contributed by atoms with Crippen LogP contribution in [0.25, 0.3) is 0 Å². The van der Waals surface area contributed by atoms with E-state index in [9.17, 15) is 18.0 Å². The number of carbonyl (C=O) groups is 1. The van der Waals surface area contributed by atoms with Gasteiger partial charge in [-0.2, -0.15) is 0 Å². The third kappa shape index (κ3) is 4.40. The van der Waals surface area contributed by atoms with Crippen LogP contribution >= 0.6 is 0 Å². The lowest BCUT2D eigenvalue weighted by Gasteiger charge is -2.26. The molecule has 1 N–H and O–H groups in total. The summed E-state index contributed by atoms with van der Waals surface area (Å²) in [4.78, 5) is 24.2. The van der Waals surface area contributed by atoms with Gasteiger partial charge in [-0.25, -0.2) is 8.42 Å². The molecule has 2 heterocycles. The van der Waals surface area contributed by atoms with Crippen LogP contribution in [-0.2, 0) is 21.2 Å². The minimum atomic E-state index is -3.07. The molecule has 1 aromatic heterocycles. The molecule has 0 radical (unpaired) electrons. The number of aromatic nitrogens is 1. The minimum absolute atomic E-state index is 0.00995. The first-order valence-electron chi connectivity index (χ1n) is 6.69. The Labute approximate surface area is 122 Å². The van der Waals surface area contributed by atoms with E-state index in [0.717, 1.165) is 0 Å². The number of rotatable bonds is 6. The second kappa shape index (κ2) is 6.40. The summed E-state index contributed by atoms with van der Waals surface area (Å²) < 4.78 is 24.5. The Kier molecular flexibility index (Phi) is 4.79. The molecule has 0 aliphatic carbocycles. The van der Waals surface area contributed by atoms with Crippen molar-refractivity contribution >= 4 is 15.8 Å². The first kappa shape index (κ1) is 15.7. The summed E-state index contributed by atoms with van der Waals surface area (Å²) in [6.45, 7) is 0.446. The van der Waals surface area contributed by atoms with Gasteiger partial charge in [0.25, 0.3) is 5.56 Å². The fourth-order valence-electron chi connectivity index (χ4n) is 2.51. The predicted octanol–water partition coefficient (Wildman–Crippen LogP) is -0.578. The van der Waals surface area contributed by atoms with Crippen molar-refractivity contribution in [3.05, 3.63) is 34.7 Å². The van der Waals surface area contributed by atoms with Crippen LogP contribution in [0.3, 0.4) is 0 Å². The molecule has 1 atom stereocenters. The molecule has 0 amide bonds. The Morgan fingerprint density at radius 1 is 1.43 bits per heavy atom. The van der Waals surface area contributed by atoms with Crippen molar-refractivity contribution in [2.75, 3.05) is 24.6 Å². The van der Waals surface area contributed by atoms with E-state index in [0.29, 0.717) is 19.5 Å². The molecule has 116 valence electrons. The molecule has 0 saturated carbocycles.